The van der Waals surface area contributed by atoms with Gasteiger partial charge in [0.05, 0.1) is 15.9 Å². The van der Waals surface area contributed by atoms with E-state index in [4.69, 9.17) is 28.9 Å². The molecular weight excluding hydrogens is 285 g/mol. The van der Waals surface area contributed by atoms with Crippen molar-refractivity contribution in [3.05, 3.63) is 29.0 Å². The molecule has 2 rings (SSSR count). The van der Waals surface area contributed by atoms with E-state index in [-0.39, 0.29) is 11.3 Å². The van der Waals surface area contributed by atoms with Gasteiger partial charge in [-0.25, -0.2) is 4.98 Å². The van der Waals surface area contributed by atoms with Crippen LogP contribution in [-0.2, 0) is 11.3 Å². The highest BCUT2D eigenvalue weighted by molar-refractivity contribution is 6.35. The predicted octanol–water partition coefficient (Wildman–Crippen LogP) is 3.26. The van der Waals surface area contributed by atoms with Crippen molar-refractivity contribution >= 4 is 40.1 Å². The van der Waals surface area contributed by atoms with Crippen LogP contribution in [-0.4, -0.2) is 15.5 Å². The van der Waals surface area contributed by atoms with Gasteiger partial charge in [0.2, 0.25) is 5.91 Å². The average Bonchev–Trinajstić information content (AvgIpc) is 2.70. The molecule has 2 aromatic rings. The average molecular weight is 300 g/mol. The van der Waals surface area contributed by atoms with Crippen LogP contribution in [0.4, 0.5) is 0 Å². The van der Waals surface area contributed by atoms with Gasteiger partial charge in [-0.2, -0.15) is 0 Å². The molecule has 1 amide bonds. The minimum Gasteiger partial charge on any atom is -0.370 e. The number of benzene rings is 1. The number of rotatable bonds is 5. The van der Waals surface area contributed by atoms with Crippen molar-refractivity contribution in [2.24, 2.45) is 5.73 Å². The minimum absolute atomic E-state index is 0.225. The summed E-state index contributed by atoms with van der Waals surface area (Å²) in [7, 11) is 0. The number of imidazole rings is 1. The first-order valence-electron chi connectivity index (χ1n) is 6.07. The quantitative estimate of drug-likeness (QED) is 0.862. The molecule has 2 N–H and O–H groups in total. The van der Waals surface area contributed by atoms with E-state index in [2.05, 4.69) is 4.98 Å². The zero-order valence-corrected chi connectivity index (χ0v) is 12.1. The molecule has 1 aromatic heterocycles. The molecule has 0 bridgehead atoms. The van der Waals surface area contributed by atoms with E-state index in [1.54, 1.807) is 6.07 Å². The SMILES string of the molecule is CC(Cl)c1nc2c(Cl)cccc2n1CCCC(N)=O. The normalized spacial score (nSPS) is 12.8. The summed E-state index contributed by atoms with van der Waals surface area (Å²) in [6.45, 7) is 2.51. The van der Waals surface area contributed by atoms with Crippen LogP contribution in [0.2, 0.25) is 5.02 Å². The summed E-state index contributed by atoms with van der Waals surface area (Å²) in [4.78, 5) is 15.3. The molecular formula is C13H15Cl2N3O. The summed E-state index contributed by atoms with van der Waals surface area (Å²) >= 11 is 12.3. The lowest BCUT2D eigenvalue weighted by Crippen LogP contribution is -2.12. The Hall–Kier alpha value is -1.26. The number of halogens is 2. The van der Waals surface area contributed by atoms with Crippen LogP contribution >= 0.6 is 23.2 Å². The predicted molar refractivity (Wildman–Crippen MR) is 77.4 cm³/mol. The van der Waals surface area contributed by atoms with E-state index in [0.29, 0.717) is 24.4 Å². The molecule has 0 saturated heterocycles. The van der Waals surface area contributed by atoms with Gasteiger partial charge in [0.15, 0.2) is 0 Å². The molecule has 4 nitrogen and oxygen atoms in total. The van der Waals surface area contributed by atoms with Crippen molar-refractivity contribution in [3.63, 3.8) is 0 Å². The topological polar surface area (TPSA) is 60.9 Å². The van der Waals surface area contributed by atoms with Crippen LogP contribution < -0.4 is 5.73 Å². The van der Waals surface area contributed by atoms with Gasteiger partial charge < -0.3 is 10.3 Å². The van der Waals surface area contributed by atoms with Gasteiger partial charge in [0.1, 0.15) is 11.3 Å². The fourth-order valence-electron chi connectivity index (χ4n) is 2.08. The van der Waals surface area contributed by atoms with Crippen LogP contribution in [0.15, 0.2) is 18.2 Å². The van der Waals surface area contributed by atoms with E-state index in [1.165, 1.54) is 0 Å². The maximum Gasteiger partial charge on any atom is 0.217 e. The molecule has 0 spiro atoms. The van der Waals surface area contributed by atoms with E-state index < -0.39 is 0 Å². The molecule has 0 radical (unpaired) electrons. The second kappa shape index (κ2) is 5.80. The van der Waals surface area contributed by atoms with Crippen molar-refractivity contribution in [3.8, 4) is 0 Å². The third-order valence-electron chi connectivity index (χ3n) is 2.92. The highest BCUT2D eigenvalue weighted by Gasteiger charge is 2.16. The lowest BCUT2D eigenvalue weighted by molar-refractivity contribution is -0.118. The lowest BCUT2D eigenvalue weighted by Gasteiger charge is -2.09. The van der Waals surface area contributed by atoms with Crippen LogP contribution in [0.5, 0.6) is 0 Å². The molecule has 6 heteroatoms. The van der Waals surface area contributed by atoms with Crippen molar-refractivity contribution in [1.82, 2.24) is 9.55 Å². The molecule has 1 unspecified atom stereocenters. The third kappa shape index (κ3) is 3.01. The van der Waals surface area contributed by atoms with Crippen LogP contribution in [0.3, 0.4) is 0 Å². The Labute approximate surface area is 121 Å². The van der Waals surface area contributed by atoms with Gasteiger partial charge >= 0.3 is 0 Å². The van der Waals surface area contributed by atoms with Gasteiger partial charge in [0, 0.05) is 13.0 Å². The van der Waals surface area contributed by atoms with E-state index >= 15 is 0 Å². The number of nitrogens with two attached hydrogens (primary N) is 1. The monoisotopic (exact) mass is 299 g/mol. The summed E-state index contributed by atoms with van der Waals surface area (Å²) in [5, 5.41) is 0.377. The molecule has 0 aliphatic heterocycles. The number of para-hydroxylation sites is 1. The number of carbonyl (C=O) groups excluding carboxylic acids is 1. The maximum atomic E-state index is 10.8. The van der Waals surface area contributed by atoms with E-state index in [0.717, 1.165) is 16.9 Å². The van der Waals surface area contributed by atoms with Crippen LogP contribution in [0.1, 0.15) is 31.0 Å². The molecule has 0 aliphatic carbocycles. The number of alkyl halides is 1. The van der Waals surface area contributed by atoms with Crippen molar-refractivity contribution in [2.75, 3.05) is 0 Å². The number of nitrogens with zero attached hydrogens (tertiary/aromatic N) is 2. The molecule has 1 atom stereocenters. The van der Waals surface area contributed by atoms with Gasteiger partial charge in [-0.05, 0) is 25.5 Å². The number of aryl methyl sites for hydroxylation is 1. The van der Waals surface area contributed by atoms with Crippen LogP contribution in [0.25, 0.3) is 11.0 Å². The Balaban J connectivity index is 2.41. The number of fused-ring (bicyclic) bond motifs is 1. The number of carbonyl (C=O) groups is 1. The number of hydrogen-bond acceptors (Lipinski definition) is 2. The van der Waals surface area contributed by atoms with Gasteiger partial charge in [-0.3, -0.25) is 4.79 Å². The summed E-state index contributed by atoms with van der Waals surface area (Å²) in [5.74, 6) is 0.456. The molecule has 0 saturated carbocycles. The highest BCUT2D eigenvalue weighted by Crippen LogP contribution is 2.29. The fraction of sp³-hybridized carbons (Fsp3) is 0.385. The molecule has 0 fully saturated rings. The van der Waals surface area contributed by atoms with Crippen molar-refractivity contribution < 1.29 is 4.79 Å². The summed E-state index contributed by atoms with van der Waals surface area (Å²) in [5.41, 5.74) is 6.83. The molecule has 1 heterocycles. The summed E-state index contributed by atoms with van der Waals surface area (Å²) < 4.78 is 2.00. The minimum atomic E-state index is -0.303. The summed E-state index contributed by atoms with van der Waals surface area (Å²) in [6.07, 6.45) is 1.00. The second-order valence-corrected chi connectivity index (χ2v) is 5.48. The number of amides is 1. The first kappa shape index (κ1) is 14.2. The van der Waals surface area contributed by atoms with Gasteiger partial charge in [-0.1, -0.05) is 17.7 Å². The number of aromatic nitrogens is 2. The zero-order chi connectivity index (χ0) is 14.0. The first-order chi connectivity index (χ1) is 9.00. The van der Waals surface area contributed by atoms with E-state index in [1.807, 2.05) is 23.6 Å². The number of primary amides is 1. The zero-order valence-electron chi connectivity index (χ0n) is 10.6. The third-order valence-corrected chi connectivity index (χ3v) is 3.42. The molecule has 19 heavy (non-hydrogen) atoms. The highest BCUT2D eigenvalue weighted by atomic mass is 35.5. The maximum absolute atomic E-state index is 10.8. The largest absolute Gasteiger partial charge is 0.370 e. The van der Waals surface area contributed by atoms with Crippen molar-refractivity contribution in [2.45, 2.75) is 31.7 Å². The summed E-state index contributed by atoms with van der Waals surface area (Å²) in [6, 6.07) is 5.62. The lowest BCUT2D eigenvalue weighted by atomic mass is 10.2. The Morgan fingerprint density at radius 1 is 1.53 bits per heavy atom. The molecule has 0 aliphatic rings. The Kier molecular flexibility index (Phi) is 4.32. The standard InChI is InChI=1S/C13H15Cl2N3O/c1-8(14)13-17-12-9(15)4-2-5-10(12)18(13)7-3-6-11(16)19/h2,4-5,8H,3,6-7H2,1H3,(H2,16,19). The Bertz CT molecular complexity index is 607. The Morgan fingerprint density at radius 2 is 2.26 bits per heavy atom. The number of hydrogen-bond donors (Lipinski definition) is 1. The second-order valence-electron chi connectivity index (χ2n) is 4.42. The van der Waals surface area contributed by atoms with Gasteiger partial charge in [0.25, 0.3) is 0 Å². The van der Waals surface area contributed by atoms with E-state index in [9.17, 15) is 4.79 Å². The smallest absolute Gasteiger partial charge is 0.217 e. The first-order valence-corrected chi connectivity index (χ1v) is 6.89. The van der Waals surface area contributed by atoms with Crippen LogP contribution in [0, 0.1) is 0 Å². The van der Waals surface area contributed by atoms with Gasteiger partial charge in [-0.15, -0.1) is 11.6 Å². The molecule has 1 aromatic carbocycles. The Morgan fingerprint density at radius 3 is 2.89 bits per heavy atom. The van der Waals surface area contributed by atoms with Crippen molar-refractivity contribution in [1.29, 1.82) is 0 Å². The fourth-order valence-corrected chi connectivity index (χ4v) is 2.46. The molecule has 102 valence electrons.